The molecule has 2 aromatic carbocycles. The van der Waals surface area contributed by atoms with Gasteiger partial charge in [-0.15, -0.1) is 0 Å². The molecule has 0 radical (unpaired) electrons. The maximum absolute atomic E-state index is 11.8. The van der Waals surface area contributed by atoms with Crippen molar-refractivity contribution in [2.45, 2.75) is 38.5 Å². The Balaban J connectivity index is 2.77. The van der Waals surface area contributed by atoms with Gasteiger partial charge in [0.1, 0.15) is 12.0 Å². The first-order valence-electron chi connectivity index (χ1n) is 9.41. The van der Waals surface area contributed by atoms with Crippen molar-refractivity contribution in [3.63, 3.8) is 0 Å². The summed E-state index contributed by atoms with van der Waals surface area (Å²) in [4.78, 5) is 11.8. The summed E-state index contributed by atoms with van der Waals surface area (Å²) >= 11 is 0. The third kappa shape index (κ3) is 3.80. The molecule has 2 aromatic rings. The molecule has 0 bridgehead atoms. The molecule has 27 heavy (non-hydrogen) atoms. The molecule has 140 valence electrons. The van der Waals surface area contributed by atoms with Gasteiger partial charge < -0.3 is 4.74 Å². The highest BCUT2D eigenvalue weighted by Crippen LogP contribution is 2.52. The van der Waals surface area contributed by atoms with E-state index in [4.69, 9.17) is 4.74 Å². The standard InChI is InChI=1S/C24H27NO2/c1-4-17-24(20-13-9-7-10-14-20,21-15-11-8-12-16-21)23(6-3,18-25)19-27-22(26)5-2/h5,7-16H,2,4,6,17,19H2,1,3H3. The lowest BCUT2D eigenvalue weighted by molar-refractivity contribution is -0.141. The highest BCUT2D eigenvalue weighted by molar-refractivity contribution is 5.81. The zero-order chi connectivity index (χ0) is 19.8. The number of carbonyl (C=O) groups excluding carboxylic acids is 1. The third-order valence-electron chi connectivity index (χ3n) is 5.42. The largest absolute Gasteiger partial charge is 0.461 e. The Morgan fingerprint density at radius 1 is 1.07 bits per heavy atom. The topological polar surface area (TPSA) is 50.1 Å². The molecule has 0 aromatic heterocycles. The summed E-state index contributed by atoms with van der Waals surface area (Å²) < 4.78 is 5.45. The van der Waals surface area contributed by atoms with Crippen molar-refractivity contribution in [3.05, 3.63) is 84.4 Å². The van der Waals surface area contributed by atoms with Gasteiger partial charge in [-0.2, -0.15) is 5.26 Å². The van der Waals surface area contributed by atoms with E-state index in [9.17, 15) is 10.1 Å². The fourth-order valence-corrected chi connectivity index (χ4v) is 4.05. The van der Waals surface area contributed by atoms with E-state index in [1.807, 2.05) is 43.3 Å². The maximum atomic E-state index is 11.8. The van der Waals surface area contributed by atoms with Gasteiger partial charge >= 0.3 is 5.97 Å². The van der Waals surface area contributed by atoms with Crippen LogP contribution in [0.15, 0.2) is 73.3 Å². The van der Waals surface area contributed by atoms with Crippen molar-refractivity contribution in [1.82, 2.24) is 0 Å². The van der Waals surface area contributed by atoms with E-state index in [2.05, 4.69) is 43.8 Å². The highest BCUT2D eigenvalue weighted by atomic mass is 16.5. The van der Waals surface area contributed by atoms with Crippen LogP contribution in [0.2, 0.25) is 0 Å². The highest BCUT2D eigenvalue weighted by Gasteiger charge is 2.53. The number of rotatable bonds is 9. The van der Waals surface area contributed by atoms with Gasteiger partial charge in [0.05, 0.1) is 6.07 Å². The zero-order valence-corrected chi connectivity index (χ0v) is 16.2. The minimum absolute atomic E-state index is 0.0225. The molecule has 0 aliphatic heterocycles. The van der Waals surface area contributed by atoms with Crippen molar-refractivity contribution in [1.29, 1.82) is 5.26 Å². The van der Waals surface area contributed by atoms with Crippen LogP contribution >= 0.6 is 0 Å². The molecule has 0 amide bonds. The number of nitrogens with zero attached hydrogens (tertiary/aromatic N) is 1. The van der Waals surface area contributed by atoms with Gasteiger partial charge in [0.2, 0.25) is 0 Å². The van der Waals surface area contributed by atoms with Crippen LogP contribution in [0.25, 0.3) is 0 Å². The van der Waals surface area contributed by atoms with Gasteiger partial charge in [-0.25, -0.2) is 4.79 Å². The second kappa shape index (κ2) is 9.19. The second-order valence-corrected chi connectivity index (χ2v) is 6.75. The number of hydrogen-bond acceptors (Lipinski definition) is 3. The fraction of sp³-hybridized carbons (Fsp3) is 0.333. The Kier molecular flexibility index (Phi) is 6.96. The summed E-state index contributed by atoms with van der Waals surface area (Å²) in [6.07, 6.45) is 3.36. The summed E-state index contributed by atoms with van der Waals surface area (Å²) in [7, 11) is 0. The molecule has 0 N–H and O–H groups in total. The van der Waals surface area contributed by atoms with Crippen molar-refractivity contribution in [2.24, 2.45) is 5.41 Å². The first-order valence-corrected chi connectivity index (χ1v) is 9.41. The average molecular weight is 361 g/mol. The van der Waals surface area contributed by atoms with Crippen LogP contribution in [0.4, 0.5) is 0 Å². The van der Waals surface area contributed by atoms with Gasteiger partial charge in [0.15, 0.2) is 0 Å². The summed E-state index contributed by atoms with van der Waals surface area (Å²) in [6, 6.07) is 22.8. The first-order chi connectivity index (χ1) is 13.1. The molecule has 3 heteroatoms. The minimum Gasteiger partial charge on any atom is -0.461 e. The van der Waals surface area contributed by atoms with Crippen LogP contribution in [0.1, 0.15) is 44.2 Å². The number of esters is 1. The lowest BCUT2D eigenvalue weighted by Crippen LogP contribution is -2.49. The number of carbonyl (C=O) groups is 1. The Morgan fingerprint density at radius 2 is 1.59 bits per heavy atom. The zero-order valence-electron chi connectivity index (χ0n) is 16.2. The number of ether oxygens (including phenoxy) is 1. The molecule has 0 saturated carbocycles. The predicted molar refractivity (Wildman–Crippen MR) is 108 cm³/mol. The van der Waals surface area contributed by atoms with Crippen LogP contribution in [0.5, 0.6) is 0 Å². The number of hydrogen-bond donors (Lipinski definition) is 0. The Morgan fingerprint density at radius 3 is 1.96 bits per heavy atom. The molecule has 1 unspecified atom stereocenters. The van der Waals surface area contributed by atoms with Gasteiger partial charge in [0.25, 0.3) is 0 Å². The summed E-state index contributed by atoms with van der Waals surface area (Å²) in [6.45, 7) is 7.60. The molecule has 0 aliphatic rings. The smallest absolute Gasteiger partial charge is 0.330 e. The van der Waals surface area contributed by atoms with Gasteiger partial charge in [-0.1, -0.05) is 87.5 Å². The Hall–Kier alpha value is -2.86. The molecular weight excluding hydrogens is 334 g/mol. The number of nitriles is 1. The monoisotopic (exact) mass is 361 g/mol. The fourth-order valence-electron chi connectivity index (χ4n) is 4.05. The van der Waals surface area contributed by atoms with E-state index < -0.39 is 16.8 Å². The van der Waals surface area contributed by atoms with Crippen molar-refractivity contribution in [3.8, 4) is 6.07 Å². The number of benzene rings is 2. The van der Waals surface area contributed by atoms with Crippen LogP contribution in [0.3, 0.4) is 0 Å². The molecule has 2 rings (SSSR count). The summed E-state index contributed by atoms with van der Waals surface area (Å²) in [5.41, 5.74) is 0.645. The molecule has 0 heterocycles. The van der Waals surface area contributed by atoms with E-state index in [1.54, 1.807) is 0 Å². The predicted octanol–water partition coefficient (Wildman–Crippen LogP) is 5.42. The van der Waals surface area contributed by atoms with E-state index >= 15 is 0 Å². The first kappa shape index (κ1) is 20.5. The normalized spacial score (nSPS) is 13.2. The van der Waals surface area contributed by atoms with E-state index in [0.717, 1.165) is 30.0 Å². The lowest BCUT2D eigenvalue weighted by atomic mass is 9.54. The lowest BCUT2D eigenvalue weighted by Gasteiger charge is -2.47. The quantitative estimate of drug-likeness (QED) is 0.442. The van der Waals surface area contributed by atoms with Crippen LogP contribution < -0.4 is 0 Å². The van der Waals surface area contributed by atoms with Crippen molar-refractivity contribution in [2.75, 3.05) is 6.61 Å². The Labute approximate surface area is 162 Å². The maximum Gasteiger partial charge on any atom is 0.330 e. The van der Waals surface area contributed by atoms with Gasteiger partial charge in [-0.3, -0.25) is 0 Å². The van der Waals surface area contributed by atoms with Crippen LogP contribution in [-0.2, 0) is 14.9 Å². The second-order valence-electron chi connectivity index (χ2n) is 6.75. The van der Waals surface area contributed by atoms with Crippen molar-refractivity contribution >= 4 is 5.97 Å². The van der Waals surface area contributed by atoms with Crippen molar-refractivity contribution < 1.29 is 9.53 Å². The van der Waals surface area contributed by atoms with E-state index in [0.29, 0.717) is 6.42 Å². The van der Waals surface area contributed by atoms with E-state index in [-0.39, 0.29) is 6.61 Å². The average Bonchev–Trinajstić information content (AvgIpc) is 2.74. The van der Waals surface area contributed by atoms with Gasteiger partial charge in [0, 0.05) is 11.5 Å². The summed E-state index contributed by atoms with van der Waals surface area (Å²) in [5.74, 6) is -0.505. The molecule has 0 spiro atoms. The Bertz CT molecular complexity index is 753. The van der Waals surface area contributed by atoms with E-state index in [1.165, 1.54) is 0 Å². The minimum atomic E-state index is -0.898. The van der Waals surface area contributed by atoms with Gasteiger partial charge in [-0.05, 0) is 24.0 Å². The third-order valence-corrected chi connectivity index (χ3v) is 5.42. The summed E-state index contributed by atoms with van der Waals surface area (Å²) in [5, 5.41) is 10.4. The van der Waals surface area contributed by atoms with Crippen LogP contribution in [-0.4, -0.2) is 12.6 Å². The molecule has 1 atom stereocenters. The molecule has 0 aliphatic carbocycles. The molecule has 0 saturated heterocycles. The molecular formula is C24H27NO2. The molecule has 3 nitrogen and oxygen atoms in total. The molecule has 0 fully saturated rings. The van der Waals surface area contributed by atoms with Crippen LogP contribution in [0, 0.1) is 16.7 Å². The SMILES string of the molecule is C=CC(=O)OCC(C#N)(CC)C(CCC)(c1ccccc1)c1ccccc1.